The summed E-state index contributed by atoms with van der Waals surface area (Å²) in [4.78, 5) is 6.92. The molecule has 0 aliphatic heterocycles. The van der Waals surface area contributed by atoms with E-state index in [1.165, 1.54) is 13.1 Å². The molecule has 1 aliphatic carbocycles. The average molecular weight is 274 g/mol. The molecule has 19 heavy (non-hydrogen) atoms. The van der Waals surface area contributed by atoms with Gasteiger partial charge in [0.15, 0.2) is 0 Å². The van der Waals surface area contributed by atoms with E-state index in [0.29, 0.717) is 12.5 Å². The molecule has 1 aromatic rings. The van der Waals surface area contributed by atoms with Crippen molar-refractivity contribution in [2.24, 2.45) is 11.3 Å². The van der Waals surface area contributed by atoms with Crippen molar-refractivity contribution < 1.29 is 13.2 Å². The first kappa shape index (κ1) is 13.9. The lowest BCUT2D eigenvalue weighted by Gasteiger charge is -2.12. The highest BCUT2D eigenvalue weighted by molar-refractivity contribution is 5.47. The Labute approximate surface area is 109 Å². The number of anilines is 2. The van der Waals surface area contributed by atoms with Gasteiger partial charge in [-0.3, -0.25) is 0 Å². The van der Waals surface area contributed by atoms with Crippen LogP contribution < -0.4 is 10.6 Å². The molecule has 1 aliphatic rings. The van der Waals surface area contributed by atoms with Gasteiger partial charge in [-0.05, 0) is 17.8 Å². The van der Waals surface area contributed by atoms with Crippen molar-refractivity contribution >= 4 is 11.6 Å². The monoisotopic (exact) mass is 274 g/mol. The van der Waals surface area contributed by atoms with E-state index in [0.717, 1.165) is 6.42 Å². The summed E-state index contributed by atoms with van der Waals surface area (Å²) in [5.41, 5.74) is 0.277. The van der Waals surface area contributed by atoms with E-state index in [1.807, 2.05) is 0 Å². The van der Waals surface area contributed by atoms with Gasteiger partial charge in [0.25, 0.3) is 0 Å². The minimum absolute atomic E-state index is 0.153. The number of alkyl halides is 3. The molecule has 2 N–H and O–H groups in total. The molecule has 106 valence electrons. The fraction of sp³-hybridized carbons (Fsp3) is 0.667. The van der Waals surface area contributed by atoms with E-state index in [2.05, 4.69) is 34.4 Å². The molecule has 0 spiro atoms. The van der Waals surface area contributed by atoms with Crippen LogP contribution in [-0.2, 0) is 6.18 Å². The summed E-state index contributed by atoms with van der Waals surface area (Å²) in [6.45, 7) is 4.91. The van der Waals surface area contributed by atoms with Crippen molar-refractivity contribution in [3.05, 3.63) is 11.9 Å². The Morgan fingerprint density at radius 3 is 2.37 bits per heavy atom. The molecule has 0 radical (unpaired) electrons. The van der Waals surface area contributed by atoms with Gasteiger partial charge in [-0.2, -0.15) is 13.2 Å². The molecule has 0 aromatic carbocycles. The third kappa shape index (κ3) is 3.27. The molecule has 1 aromatic heterocycles. The minimum Gasteiger partial charge on any atom is -0.373 e. The summed E-state index contributed by atoms with van der Waals surface area (Å²) in [7, 11) is 1.52. The Morgan fingerprint density at radius 2 is 1.89 bits per heavy atom. The second kappa shape index (κ2) is 4.54. The van der Waals surface area contributed by atoms with Crippen LogP contribution in [0.2, 0.25) is 0 Å². The third-order valence-electron chi connectivity index (χ3n) is 3.48. The molecular weight excluding hydrogens is 257 g/mol. The Hall–Kier alpha value is -1.53. The van der Waals surface area contributed by atoms with Crippen molar-refractivity contribution in [3.63, 3.8) is 0 Å². The summed E-state index contributed by atoms with van der Waals surface area (Å²) in [6, 6.07) is 1.48. The quantitative estimate of drug-likeness (QED) is 0.886. The second-order valence-electron chi connectivity index (χ2n) is 5.48. The van der Waals surface area contributed by atoms with Gasteiger partial charge in [0, 0.05) is 19.7 Å². The molecule has 1 saturated carbocycles. The first-order valence-electron chi connectivity index (χ1n) is 6.10. The van der Waals surface area contributed by atoms with Gasteiger partial charge >= 0.3 is 6.18 Å². The highest BCUT2D eigenvalue weighted by atomic mass is 19.4. The molecule has 7 heteroatoms. The molecule has 1 atom stereocenters. The maximum atomic E-state index is 12.6. The van der Waals surface area contributed by atoms with Crippen LogP contribution >= 0.6 is 0 Å². The average Bonchev–Trinajstić information content (AvgIpc) is 2.93. The first-order chi connectivity index (χ1) is 8.72. The Bertz CT molecular complexity index is 471. The first-order valence-corrected chi connectivity index (χ1v) is 6.10. The highest BCUT2D eigenvalue weighted by Crippen LogP contribution is 2.51. The predicted molar refractivity (Wildman–Crippen MR) is 67.0 cm³/mol. The third-order valence-corrected chi connectivity index (χ3v) is 3.48. The summed E-state index contributed by atoms with van der Waals surface area (Å²) in [5, 5.41) is 5.57. The molecule has 0 amide bonds. The number of rotatable bonds is 4. The largest absolute Gasteiger partial charge is 0.451 e. The SMILES string of the molecule is CNc1cc(NCC2CC2(C)C)nc(C(F)(F)F)n1. The van der Waals surface area contributed by atoms with Crippen molar-refractivity contribution in [1.29, 1.82) is 0 Å². The number of aromatic nitrogens is 2. The van der Waals surface area contributed by atoms with Gasteiger partial charge in [-0.1, -0.05) is 13.8 Å². The summed E-state index contributed by atoms with van der Waals surface area (Å²) in [5.74, 6) is -0.291. The van der Waals surface area contributed by atoms with Crippen molar-refractivity contribution in [1.82, 2.24) is 9.97 Å². The Balaban J connectivity index is 2.11. The van der Waals surface area contributed by atoms with E-state index < -0.39 is 12.0 Å². The van der Waals surface area contributed by atoms with Crippen LogP contribution in [0.25, 0.3) is 0 Å². The minimum atomic E-state index is -4.54. The van der Waals surface area contributed by atoms with Gasteiger partial charge in [0.1, 0.15) is 11.6 Å². The van der Waals surface area contributed by atoms with Crippen LogP contribution in [-0.4, -0.2) is 23.6 Å². The summed E-state index contributed by atoms with van der Waals surface area (Å²) >= 11 is 0. The molecule has 1 unspecified atom stereocenters. The zero-order chi connectivity index (χ0) is 14.3. The van der Waals surface area contributed by atoms with Crippen molar-refractivity contribution in [3.8, 4) is 0 Å². The smallest absolute Gasteiger partial charge is 0.373 e. The van der Waals surface area contributed by atoms with Crippen LogP contribution in [0.3, 0.4) is 0 Å². The number of nitrogens with zero attached hydrogens (tertiary/aromatic N) is 2. The van der Waals surface area contributed by atoms with Crippen LogP contribution in [0.4, 0.5) is 24.8 Å². The highest BCUT2D eigenvalue weighted by Gasteiger charge is 2.45. The van der Waals surface area contributed by atoms with E-state index in [4.69, 9.17) is 0 Å². The number of hydrogen-bond donors (Lipinski definition) is 2. The fourth-order valence-electron chi connectivity index (χ4n) is 1.95. The van der Waals surface area contributed by atoms with Crippen LogP contribution in [0.1, 0.15) is 26.1 Å². The lowest BCUT2D eigenvalue weighted by atomic mass is 10.1. The number of halogens is 3. The molecular formula is C12H17F3N4. The standard InChI is InChI=1S/C12H17F3N4/c1-11(2)5-7(11)6-17-9-4-8(16-3)18-10(19-9)12(13,14)15/h4,7H,5-6H2,1-3H3,(H2,16,17,18,19). The maximum absolute atomic E-state index is 12.6. The van der Waals surface area contributed by atoms with Crippen molar-refractivity contribution in [2.45, 2.75) is 26.4 Å². The van der Waals surface area contributed by atoms with E-state index in [9.17, 15) is 13.2 Å². The molecule has 2 rings (SSSR count). The zero-order valence-corrected chi connectivity index (χ0v) is 11.1. The topological polar surface area (TPSA) is 49.8 Å². The lowest BCUT2D eigenvalue weighted by Crippen LogP contribution is -2.15. The molecule has 4 nitrogen and oxygen atoms in total. The van der Waals surface area contributed by atoms with Crippen LogP contribution in [0, 0.1) is 11.3 Å². The normalized spacial score (nSPS) is 21.1. The van der Waals surface area contributed by atoms with E-state index in [1.54, 1.807) is 0 Å². The molecule has 0 saturated heterocycles. The van der Waals surface area contributed by atoms with Gasteiger partial charge < -0.3 is 10.6 Å². The van der Waals surface area contributed by atoms with Crippen LogP contribution in [0.5, 0.6) is 0 Å². The second-order valence-corrected chi connectivity index (χ2v) is 5.48. The van der Waals surface area contributed by atoms with Gasteiger partial charge in [0.2, 0.25) is 5.82 Å². The van der Waals surface area contributed by atoms with Crippen LogP contribution in [0.15, 0.2) is 6.07 Å². The molecule has 1 heterocycles. The Morgan fingerprint density at radius 1 is 1.32 bits per heavy atom. The summed E-state index contributed by atoms with van der Waals surface area (Å²) < 4.78 is 37.9. The van der Waals surface area contributed by atoms with E-state index in [-0.39, 0.29) is 17.1 Å². The number of hydrogen-bond acceptors (Lipinski definition) is 4. The molecule has 0 bridgehead atoms. The zero-order valence-electron chi connectivity index (χ0n) is 11.1. The number of nitrogens with one attached hydrogen (secondary N) is 2. The molecule has 1 fully saturated rings. The Kier molecular flexibility index (Phi) is 3.32. The van der Waals surface area contributed by atoms with Gasteiger partial charge in [0.05, 0.1) is 0 Å². The predicted octanol–water partition coefficient (Wildman–Crippen LogP) is 3.00. The summed E-state index contributed by atoms with van der Waals surface area (Å²) in [6.07, 6.45) is -3.46. The van der Waals surface area contributed by atoms with Gasteiger partial charge in [-0.25, -0.2) is 9.97 Å². The maximum Gasteiger partial charge on any atom is 0.451 e. The van der Waals surface area contributed by atoms with Crippen molar-refractivity contribution in [2.75, 3.05) is 24.2 Å². The van der Waals surface area contributed by atoms with E-state index >= 15 is 0 Å². The fourth-order valence-corrected chi connectivity index (χ4v) is 1.95. The van der Waals surface area contributed by atoms with Gasteiger partial charge in [-0.15, -0.1) is 0 Å². The lowest BCUT2D eigenvalue weighted by molar-refractivity contribution is -0.144.